The first-order chi connectivity index (χ1) is 17.5. The number of aromatic amines is 1. The van der Waals surface area contributed by atoms with Crippen molar-refractivity contribution in [2.75, 3.05) is 6.54 Å². The van der Waals surface area contributed by atoms with E-state index in [1.165, 1.54) is 11.8 Å². The summed E-state index contributed by atoms with van der Waals surface area (Å²) in [6.07, 6.45) is 0.775. The van der Waals surface area contributed by atoms with Crippen LogP contribution in [0.2, 0.25) is 0 Å². The van der Waals surface area contributed by atoms with E-state index in [0.717, 1.165) is 16.5 Å². The lowest BCUT2D eigenvalue weighted by atomic mass is 10.0. The van der Waals surface area contributed by atoms with Crippen molar-refractivity contribution in [3.05, 3.63) is 36.0 Å². The number of aliphatic hydroxyl groups excluding tert-OH is 1. The summed E-state index contributed by atoms with van der Waals surface area (Å²) in [7, 11) is 0. The van der Waals surface area contributed by atoms with Crippen molar-refractivity contribution >= 4 is 40.5 Å². The summed E-state index contributed by atoms with van der Waals surface area (Å²) in [4.78, 5) is 66.3. The first kappa shape index (κ1) is 27.6. The maximum Gasteiger partial charge on any atom is 0.326 e. The number of aliphatic carboxylic acids is 1. The summed E-state index contributed by atoms with van der Waals surface area (Å²) in [5.41, 5.74) is 12.4. The van der Waals surface area contributed by atoms with Crippen LogP contribution >= 0.6 is 0 Å². The molecule has 3 rings (SSSR count). The SMILES string of the molecule is CC(O)C(N)C(=O)NC(Cc1c[nH]c2ccccc12)C(=O)N1CCCC1C(=O)NC(CC(N)=O)C(=O)O. The minimum atomic E-state index is -1.53. The van der Waals surface area contributed by atoms with E-state index in [9.17, 15) is 34.2 Å². The zero-order valence-corrected chi connectivity index (χ0v) is 20.3. The van der Waals surface area contributed by atoms with Gasteiger partial charge in [-0.25, -0.2) is 4.79 Å². The van der Waals surface area contributed by atoms with Gasteiger partial charge in [0.2, 0.25) is 23.6 Å². The number of nitrogens with zero attached hydrogens (tertiary/aromatic N) is 1. The first-order valence-corrected chi connectivity index (χ1v) is 11.9. The molecule has 200 valence electrons. The molecule has 1 aromatic heterocycles. The lowest BCUT2D eigenvalue weighted by Crippen LogP contribution is -2.58. The summed E-state index contributed by atoms with van der Waals surface area (Å²) in [5.74, 6) is -4.36. The second-order valence-electron chi connectivity index (χ2n) is 9.15. The number of para-hydroxylation sites is 1. The molecule has 1 aliphatic rings. The predicted molar refractivity (Wildman–Crippen MR) is 132 cm³/mol. The number of nitrogens with one attached hydrogen (secondary N) is 3. The number of aromatic nitrogens is 1. The van der Waals surface area contributed by atoms with Gasteiger partial charge in [0.1, 0.15) is 24.2 Å². The average Bonchev–Trinajstić information content (AvgIpc) is 3.49. The van der Waals surface area contributed by atoms with Crippen molar-refractivity contribution in [2.24, 2.45) is 11.5 Å². The number of carbonyl (C=O) groups excluding carboxylic acids is 4. The normalized spacial score (nSPS) is 18.6. The van der Waals surface area contributed by atoms with Crippen molar-refractivity contribution in [1.29, 1.82) is 0 Å². The highest BCUT2D eigenvalue weighted by atomic mass is 16.4. The highest BCUT2D eigenvalue weighted by Crippen LogP contribution is 2.23. The van der Waals surface area contributed by atoms with E-state index in [2.05, 4.69) is 15.6 Å². The molecule has 13 heteroatoms. The minimum absolute atomic E-state index is 0.0748. The number of hydrogen-bond acceptors (Lipinski definition) is 7. The first-order valence-electron chi connectivity index (χ1n) is 11.9. The molecule has 5 atom stereocenters. The molecule has 1 aromatic carbocycles. The fourth-order valence-electron chi connectivity index (χ4n) is 4.38. The average molecular weight is 517 g/mol. The quantitative estimate of drug-likeness (QED) is 0.183. The van der Waals surface area contributed by atoms with Crippen LogP contribution in [0.15, 0.2) is 30.5 Å². The predicted octanol–water partition coefficient (Wildman–Crippen LogP) is -1.66. The van der Waals surface area contributed by atoms with Crippen LogP contribution in [0.4, 0.5) is 0 Å². The maximum absolute atomic E-state index is 13.7. The van der Waals surface area contributed by atoms with Gasteiger partial charge >= 0.3 is 5.97 Å². The zero-order chi connectivity index (χ0) is 27.3. The number of fused-ring (bicyclic) bond motifs is 1. The van der Waals surface area contributed by atoms with E-state index in [0.29, 0.717) is 6.42 Å². The number of carboxylic acids is 1. The molecule has 1 saturated heterocycles. The Bertz CT molecular complexity index is 1180. The van der Waals surface area contributed by atoms with Gasteiger partial charge < -0.3 is 42.2 Å². The van der Waals surface area contributed by atoms with E-state index in [4.69, 9.17) is 11.5 Å². The Morgan fingerprint density at radius 2 is 1.86 bits per heavy atom. The number of H-pyrrole nitrogens is 1. The molecule has 4 amide bonds. The molecule has 5 unspecified atom stereocenters. The molecule has 2 aromatic rings. The number of benzene rings is 1. The molecule has 1 fully saturated rings. The molecule has 0 aliphatic carbocycles. The largest absolute Gasteiger partial charge is 0.480 e. The third kappa shape index (κ3) is 6.62. The highest BCUT2D eigenvalue weighted by molar-refractivity contribution is 5.96. The Balaban J connectivity index is 1.84. The second-order valence-corrected chi connectivity index (χ2v) is 9.15. The zero-order valence-electron chi connectivity index (χ0n) is 20.3. The van der Waals surface area contributed by atoms with Crippen LogP contribution in [0, 0.1) is 0 Å². The molecule has 0 saturated carbocycles. The van der Waals surface area contributed by atoms with Gasteiger partial charge in [0.25, 0.3) is 0 Å². The highest BCUT2D eigenvalue weighted by Gasteiger charge is 2.39. The van der Waals surface area contributed by atoms with Gasteiger partial charge in [-0.1, -0.05) is 18.2 Å². The Morgan fingerprint density at radius 1 is 1.16 bits per heavy atom. The number of likely N-dealkylation sites (tertiary alicyclic amines) is 1. The number of amides is 4. The molecular weight excluding hydrogens is 484 g/mol. The Hall–Kier alpha value is -3.97. The molecule has 9 N–H and O–H groups in total. The third-order valence-corrected chi connectivity index (χ3v) is 6.39. The van der Waals surface area contributed by atoms with Crippen LogP contribution in [0.5, 0.6) is 0 Å². The molecule has 2 heterocycles. The van der Waals surface area contributed by atoms with E-state index in [-0.39, 0.29) is 19.4 Å². The lowest BCUT2D eigenvalue weighted by Gasteiger charge is -2.30. The van der Waals surface area contributed by atoms with Crippen LogP contribution in [0.3, 0.4) is 0 Å². The van der Waals surface area contributed by atoms with Crippen molar-refractivity contribution in [1.82, 2.24) is 20.5 Å². The molecule has 0 bridgehead atoms. The topological polar surface area (TPSA) is 221 Å². The molecular formula is C24H32N6O7. The third-order valence-electron chi connectivity index (χ3n) is 6.39. The van der Waals surface area contributed by atoms with E-state index in [1.54, 1.807) is 6.20 Å². The van der Waals surface area contributed by atoms with Gasteiger partial charge in [0, 0.05) is 30.1 Å². The second kappa shape index (κ2) is 11.8. The van der Waals surface area contributed by atoms with Crippen molar-refractivity contribution in [2.45, 2.75) is 62.9 Å². The fraction of sp³-hybridized carbons (Fsp3) is 0.458. The fourth-order valence-corrected chi connectivity index (χ4v) is 4.38. The van der Waals surface area contributed by atoms with Gasteiger partial charge in [-0.2, -0.15) is 0 Å². The molecule has 37 heavy (non-hydrogen) atoms. The van der Waals surface area contributed by atoms with Gasteiger partial charge in [0.05, 0.1) is 12.5 Å². The van der Waals surface area contributed by atoms with Crippen molar-refractivity contribution in [3.8, 4) is 0 Å². The number of rotatable bonds is 11. The van der Waals surface area contributed by atoms with Crippen LogP contribution in [0.1, 0.15) is 31.7 Å². The Kier molecular flexibility index (Phi) is 8.84. The Labute approximate surface area is 212 Å². The summed E-state index contributed by atoms with van der Waals surface area (Å²) < 4.78 is 0. The summed E-state index contributed by atoms with van der Waals surface area (Å²) in [6, 6.07) is 2.48. The summed E-state index contributed by atoms with van der Waals surface area (Å²) in [5, 5.41) is 24.8. The van der Waals surface area contributed by atoms with Gasteiger partial charge in [-0.05, 0) is 31.4 Å². The van der Waals surface area contributed by atoms with E-state index < -0.39 is 66.3 Å². The smallest absolute Gasteiger partial charge is 0.326 e. The van der Waals surface area contributed by atoms with Crippen LogP contribution in [-0.2, 0) is 30.4 Å². The number of carbonyl (C=O) groups is 5. The van der Waals surface area contributed by atoms with E-state index in [1.807, 2.05) is 24.3 Å². The minimum Gasteiger partial charge on any atom is -0.480 e. The van der Waals surface area contributed by atoms with Crippen LogP contribution < -0.4 is 22.1 Å². The lowest BCUT2D eigenvalue weighted by molar-refractivity contribution is -0.146. The number of aliphatic hydroxyl groups is 1. The van der Waals surface area contributed by atoms with Gasteiger partial charge in [-0.15, -0.1) is 0 Å². The molecule has 0 spiro atoms. The number of carboxylic acid groups (broad SMARTS) is 1. The monoisotopic (exact) mass is 516 g/mol. The number of primary amides is 1. The van der Waals surface area contributed by atoms with Gasteiger partial charge in [-0.3, -0.25) is 19.2 Å². The Morgan fingerprint density at radius 3 is 2.51 bits per heavy atom. The maximum atomic E-state index is 13.7. The van der Waals surface area contributed by atoms with Crippen molar-refractivity contribution < 1.29 is 34.2 Å². The standard InChI is InChI=1S/C24H32N6O7/c1-12(31)20(26)22(34)28-16(9-13-11-27-15-6-3-2-5-14(13)15)23(35)30-8-4-7-18(30)21(33)29-17(24(36)37)10-19(25)32/h2-3,5-6,11-12,16-18,20,27,31H,4,7-10,26H2,1H3,(H2,25,32)(H,28,34)(H,29,33)(H,36,37). The van der Waals surface area contributed by atoms with Gasteiger partial charge in [0.15, 0.2) is 0 Å². The summed E-state index contributed by atoms with van der Waals surface area (Å²) in [6.45, 7) is 1.56. The molecule has 0 radical (unpaired) electrons. The molecule has 1 aliphatic heterocycles. The number of hydrogen-bond donors (Lipinski definition) is 7. The van der Waals surface area contributed by atoms with Crippen LogP contribution in [0.25, 0.3) is 10.9 Å². The number of nitrogens with two attached hydrogens (primary N) is 2. The van der Waals surface area contributed by atoms with Crippen LogP contribution in [-0.4, -0.2) is 86.5 Å². The summed E-state index contributed by atoms with van der Waals surface area (Å²) >= 11 is 0. The molecule has 13 nitrogen and oxygen atoms in total. The van der Waals surface area contributed by atoms with E-state index >= 15 is 0 Å². The van der Waals surface area contributed by atoms with Crippen molar-refractivity contribution in [3.63, 3.8) is 0 Å².